The van der Waals surface area contributed by atoms with Crippen LogP contribution >= 0.6 is 11.6 Å². The molecule has 88 valence electrons. The summed E-state index contributed by atoms with van der Waals surface area (Å²) in [6.45, 7) is 3.01. The summed E-state index contributed by atoms with van der Waals surface area (Å²) in [5, 5.41) is 3.81. The van der Waals surface area contributed by atoms with Gasteiger partial charge in [-0.05, 0) is 26.2 Å². The van der Waals surface area contributed by atoms with Gasteiger partial charge in [0.15, 0.2) is 5.82 Å². The maximum Gasteiger partial charge on any atom is 0.158 e. The van der Waals surface area contributed by atoms with Crippen LogP contribution in [-0.4, -0.2) is 22.6 Å². The normalized spacial score (nSPS) is 15.9. The molecule has 1 aromatic heterocycles. The molecular weight excluding hydrogens is 226 g/mol. The Bertz CT molecular complexity index is 355. The maximum atomic E-state index is 5.93. The van der Waals surface area contributed by atoms with Crippen LogP contribution in [0.2, 0.25) is 5.15 Å². The molecule has 5 heteroatoms. The molecule has 0 unspecified atom stereocenters. The Morgan fingerprint density at radius 1 is 1.50 bits per heavy atom. The fraction of sp³-hybridized carbons (Fsp3) is 0.636. The molecule has 1 heterocycles. The molecule has 1 N–H and O–H groups in total. The first kappa shape index (κ1) is 11.6. The summed E-state index contributed by atoms with van der Waals surface area (Å²) in [5.41, 5.74) is 0. The van der Waals surface area contributed by atoms with Crippen molar-refractivity contribution >= 4 is 17.4 Å². The Kier molecular flexibility index (Phi) is 3.96. The van der Waals surface area contributed by atoms with Crippen molar-refractivity contribution in [3.05, 3.63) is 17.0 Å². The number of hydrogen-bond acceptors (Lipinski definition) is 4. The number of hydrogen-bond donors (Lipinski definition) is 1. The molecule has 0 saturated heterocycles. The largest absolute Gasteiger partial charge is 0.374 e. The van der Waals surface area contributed by atoms with Gasteiger partial charge in [-0.3, -0.25) is 0 Å². The van der Waals surface area contributed by atoms with Gasteiger partial charge in [0.1, 0.15) is 17.6 Å². The summed E-state index contributed by atoms with van der Waals surface area (Å²) < 4.78 is 5.26. The second kappa shape index (κ2) is 5.46. The summed E-state index contributed by atoms with van der Waals surface area (Å²) in [4.78, 5) is 8.47. The van der Waals surface area contributed by atoms with E-state index in [0.29, 0.717) is 30.2 Å². The van der Waals surface area contributed by atoms with Crippen molar-refractivity contribution in [1.82, 2.24) is 9.97 Å². The third-order valence-corrected chi connectivity index (χ3v) is 2.83. The van der Waals surface area contributed by atoms with Gasteiger partial charge >= 0.3 is 0 Å². The second-order valence-electron chi connectivity index (χ2n) is 3.90. The van der Waals surface area contributed by atoms with Crippen LogP contribution in [0, 0.1) is 0 Å². The van der Waals surface area contributed by atoms with Crippen LogP contribution in [0.15, 0.2) is 6.07 Å². The molecule has 1 fully saturated rings. The molecular formula is C11H16ClN3O. The topological polar surface area (TPSA) is 47.0 Å². The molecule has 0 spiro atoms. The Morgan fingerprint density at radius 3 is 2.94 bits per heavy atom. The van der Waals surface area contributed by atoms with Gasteiger partial charge in [0.2, 0.25) is 0 Å². The molecule has 0 aliphatic heterocycles. The SMILES string of the molecule is CCOCc1nc(Cl)cc(NC2CCC2)n1. The van der Waals surface area contributed by atoms with Crippen molar-refractivity contribution in [2.75, 3.05) is 11.9 Å². The molecule has 1 aromatic rings. The molecule has 1 aliphatic rings. The lowest BCUT2D eigenvalue weighted by Crippen LogP contribution is -2.27. The van der Waals surface area contributed by atoms with Crippen molar-refractivity contribution in [2.45, 2.75) is 38.8 Å². The molecule has 0 bridgehead atoms. The van der Waals surface area contributed by atoms with E-state index in [4.69, 9.17) is 16.3 Å². The van der Waals surface area contributed by atoms with Gasteiger partial charge in [-0.15, -0.1) is 0 Å². The molecule has 1 saturated carbocycles. The van der Waals surface area contributed by atoms with Crippen LogP contribution < -0.4 is 5.32 Å². The van der Waals surface area contributed by atoms with E-state index < -0.39 is 0 Å². The Labute approximate surface area is 100 Å². The Hall–Kier alpha value is -0.870. The number of anilines is 1. The van der Waals surface area contributed by atoms with Gasteiger partial charge in [-0.1, -0.05) is 11.6 Å². The lowest BCUT2D eigenvalue weighted by molar-refractivity contribution is 0.128. The molecule has 1 aliphatic carbocycles. The van der Waals surface area contributed by atoms with Crippen molar-refractivity contribution < 1.29 is 4.74 Å². The summed E-state index contributed by atoms with van der Waals surface area (Å²) >= 11 is 5.93. The first-order chi connectivity index (χ1) is 7.78. The fourth-order valence-corrected chi connectivity index (χ4v) is 1.76. The first-order valence-electron chi connectivity index (χ1n) is 5.65. The van der Waals surface area contributed by atoms with Crippen molar-refractivity contribution in [3.63, 3.8) is 0 Å². The minimum Gasteiger partial charge on any atom is -0.374 e. The molecule has 0 amide bonds. The molecule has 16 heavy (non-hydrogen) atoms. The Balaban J connectivity index is 2.02. The lowest BCUT2D eigenvalue weighted by atomic mass is 9.93. The van der Waals surface area contributed by atoms with Crippen molar-refractivity contribution in [1.29, 1.82) is 0 Å². The number of halogens is 1. The molecule has 0 atom stereocenters. The summed E-state index contributed by atoms with van der Waals surface area (Å²) in [5.74, 6) is 1.44. The molecule has 2 rings (SSSR count). The predicted octanol–water partition coefficient (Wildman–Crippen LogP) is 2.63. The van der Waals surface area contributed by atoms with E-state index in [9.17, 15) is 0 Å². The third kappa shape index (κ3) is 3.06. The van der Waals surface area contributed by atoms with Crippen LogP contribution in [0.4, 0.5) is 5.82 Å². The first-order valence-corrected chi connectivity index (χ1v) is 6.03. The van der Waals surface area contributed by atoms with E-state index in [0.717, 1.165) is 5.82 Å². The van der Waals surface area contributed by atoms with E-state index >= 15 is 0 Å². The van der Waals surface area contributed by atoms with E-state index in [2.05, 4.69) is 15.3 Å². The summed E-state index contributed by atoms with van der Waals surface area (Å²) in [6.07, 6.45) is 3.72. The number of ether oxygens (including phenoxy) is 1. The summed E-state index contributed by atoms with van der Waals surface area (Å²) in [6, 6.07) is 2.31. The average molecular weight is 242 g/mol. The number of rotatable bonds is 5. The summed E-state index contributed by atoms with van der Waals surface area (Å²) in [7, 11) is 0. The lowest BCUT2D eigenvalue weighted by Gasteiger charge is -2.27. The molecule has 4 nitrogen and oxygen atoms in total. The van der Waals surface area contributed by atoms with Crippen LogP contribution in [0.3, 0.4) is 0 Å². The fourth-order valence-electron chi connectivity index (χ4n) is 1.56. The predicted molar refractivity (Wildman–Crippen MR) is 63.6 cm³/mol. The van der Waals surface area contributed by atoms with E-state index in [1.807, 2.05) is 6.92 Å². The number of aromatic nitrogens is 2. The van der Waals surface area contributed by atoms with Crippen LogP contribution in [0.1, 0.15) is 32.0 Å². The van der Waals surface area contributed by atoms with E-state index in [-0.39, 0.29) is 0 Å². The van der Waals surface area contributed by atoms with Crippen molar-refractivity contribution in [2.24, 2.45) is 0 Å². The smallest absolute Gasteiger partial charge is 0.158 e. The third-order valence-electron chi connectivity index (χ3n) is 2.63. The number of nitrogens with zero attached hydrogens (tertiary/aromatic N) is 2. The highest BCUT2D eigenvalue weighted by atomic mass is 35.5. The second-order valence-corrected chi connectivity index (χ2v) is 4.29. The van der Waals surface area contributed by atoms with Gasteiger partial charge in [0.05, 0.1) is 0 Å². The standard InChI is InChI=1S/C11H16ClN3O/c1-2-16-7-11-14-9(12)6-10(15-11)13-8-4-3-5-8/h6,8H,2-5,7H2,1H3,(H,13,14,15). The van der Waals surface area contributed by atoms with Gasteiger partial charge in [-0.25, -0.2) is 9.97 Å². The van der Waals surface area contributed by atoms with Crippen LogP contribution in [-0.2, 0) is 11.3 Å². The highest BCUT2D eigenvalue weighted by Gasteiger charge is 2.17. The van der Waals surface area contributed by atoms with Crippen LogP contribution in [0.5, 0.6) is 0 Å². The van der Waals surface area contributed by atoms with E-state index in [1.54, 1.807) is 6.07 Å². The van der Waals surface area contributed by atoms with Gasteiger partial charge in [-0.2, -0.15) is 0 Å². The quantitative estimate of drug-likeness (QED) is 0.805. The average Bonchev–Trinajstić information content (AvgIpc) is 2.20. The minimum atomic E-state index is 0.413. The molecule has 0 radical (unpaired) electrons. The Morgan fingerprint density at radius 2 is 2.31 bits per heavy atom. The van der Waals surface area contributed by atoms with Gasteiger partial charge in [0.25, 0.3) is 0 Å². The highest BCUT2D eigenvalue weighted by molar-refractivity contribution is 6.29. The number of nitrogens with one attached hydrogen (secondary N) is 1. The monoisotopic (exact) mass is 241 g/mol. The zero-order valence-electron chi connectivity index (χ0n) is 9.37. The van der Waals surface area contributed by atoms with E-state index in [1.165, 1.54) is 19.3 Å². The minimum absolute atomic E-state index is 0.413. The van der Waals surface area contributed by atoms with Crippen LogP contribution in [0.25, 0.3) is 0 Å². The molecule has 0 aromatic carbocycles. The maximum absolute atomic E-state index is 5.93. The van der Waals surface area contributed by atoms with Gasteiger partial charge < -0.3 is 10.1 Å². The zero-order valence-corrected chi connectivity index (χ0v) is 10.1. The van der Waals surface area contributed by atoms with Crippen molar-refractivity contribution in [3.8, 4) is 0 Å². The van der Waals surface area contributed by atoms with Gasteiger partial charge in [0, 0.05) is 18.7 Å². The highest BCUT2D eigenvalue weighted by Crippen LogP contribution is 2.23. The zero-order chi connectivity index (χ0) is 11.4.